The second kappa shape index (κ2) is 20.3. The number of benzene rings is 4. The summed E-state index contributed by atoms with van der Waals surface area (Å²) in [6.07, 6.45) is 6.26. The normalized spacial score (nSPS) is 24.1. The lowest BCUT2D eigenvalue weighted by atomic mass is 9.77. The van der Waals surface area contributed by atoms with Gasteiger partial charge in [-0.3, -0.25) is 29.2 Å². The highest BCUT2D eigenvalue weighted by Crippen LogP contribution is 2.56. The summed E-state index contributed by atoms with van der Waals surface area (Å²) in [6, 6.07) is 14.7. The van der Waals surface area contributed by atoms with E-state index in [1.165, 1.54) is 36.1 Å². The number of methoxy groups -OCH3 is 1. The molecule has 5 aliphatic rings. The highest BCUT2D eigenvalue weighted by Gasteiger charge is 2.50. The van der Waals surface area contributed by atoms with Crippen LogP contribution in [0.25, 0.3) is 22.0 Å². The van der Waals surface area contributed by atoms with E-state index in [-0.39, 0.29) is 97.9 Å². The fourth-order valence-electron chi connectivity index (χ4n) is 12.6. The molecule has 3 unspecified atom stereocenters. The van der Waals surface area contributed by atoms with Gasteiger partial charge >= 0.3 is 0 Å². The van der Waals surface area contributed by atoms with E-state index in [1.54, 1.807) is 7.05 Å². The minimum Gasteiger partial charge on any atom is -0.494 e. The second-order valence-electron chi connectivity index (χ2n) is 20.7. The molecule has 5 aromatic rings. The monoisotopic (exact) mass is 1030 g/mol. The second-order valence-corrected chi connectivity index (χ2v) is 21.1. The molecule has 1 saturated carbocycles. The quantitative estimate of drug-likeness (QED) is 0.0820. The summed E-state index contributed by atoms with van der Waals surface area (Å²) in [7, 11) is 2.88. The Bertz CT molecular complexity index is 2990. The van der Waals surface area contributed by atoms with Gasteiger partial charge in [-0.15, -0.1) is 0 Å². The first-order valence-electron chi connectivity index (χ1n) is 25.4. The molecule has 0 radical (unpaired) electrons. The van der Waals surface area contributed by atoms with Crippen molar-refractivity contribution >= 4 is 46.1 Å². The number of hydrogen-bond donors (Lipinski definition) is 3. The van der Waals surface area contributed by atoms with E-state index in [2.05, 4.69) is 20.6 Å². The molecule has 4 N–H and O–H groups in total. The van der Waals surface area contributed by atoms with Gasteiger partial charge in [-0.25, -0.2) is 17.6 Å². The van der Waals surface area contributed by atoms with Crippen molar-refractivity contribution in [3.63, 3.8) is 0 Å². The number of rotatable bonds is 12. The van der Waals surface area contributed by atoms with Gasteiger partial charge in [-0.1, -0.05) is 48.9 Å². The molecule has 4 aliphatic heterocycles. The van der Waals surface area contributed by atoms with Gasteiger partial charge in [0.15, 0.2) is 23.0 Å². The zero-order valence-corrected chi connectivity index (χ0v) is 41.9. The number of aromatic nitrogens is 2. The van der Waals surface area contributed by atoms with Crippen molar-refractivity contribution in [3.05, 3.63) is 111 Å². The number of fused-ring (bicyclic) bond motifs is 2. The average Bonchev–Trinajstić information content (AvgIpc) is 3.86. The molecule has 3 saturated heterocycles. The molecule has 73 heavy (non-hydrogen) atoms. The average molecular weight is 1030 g/mol. The molecule has 1 aliphatic carbocycles. The molecule has 10 rings (SSSR count). The minimum absolute atomic E-state index is 0.0201. The third-order valence-electron chi connectivity index (χ3n) is 16.6. The maximum absolute atomic E-state index is 16.2. The van der Waals surface area contributed by atoms with E-state index in [4.69, 9.17) is 26.8 Å². The molecule has 3 atom stereocenters. The summed E-state index contributed by atoms with van der Waals surface area (Å²) in [6.45, 7) is 5.84. The number of hydrogen-bond acceptors (Lipinski definition) is 9. The summed E-state index contributed by atoms with van der Waals surface area (Å²) in [4.78, 5) is 55.4. The maximum Gasteiger partial charge on any atom is 0.249 e. The van der Waals surface area contributed by atoms with E-state index in [0.717, 1.165) is 37.8 Å². The number of nitrogens with two attached hydrogens (primary N) is 1. The predicted molar refractivity (Wildman–Crippen MR) is 266 cm³/mol. The van der Waals surface area contributed by atoms with E-state index in [0.29, 0.717) is 69.9 Å². The lowest BCUT2D eigenvalue weighted by Gasteiger charge is -2.40. The Morgan fingerprint density at radius 3 is 2.27 bits per heavy atom. The smallest absolute Gasteiger partial charge is 0.249 e. The highest BCUT2D eigenvalue weighted by atomic mass is 35.5. The molecular weight excluding hydrogens is 966 g/mol. The summed E-state index contributed by atoms with van der Waals surface area (Å²) in [5.41, 5.74) is 5.92. The molecular formula is C55H60ClF4N7O6. The summed E-state index contributed by atoms with van der Waals surface area (Å²) in [5.74, 6) is -5.93. The third kappa shape index (κ3) is 9.23. The van der Waals surface area contributed by atoms with Crippen molar-refractivity contribution < 1.29 is 46.2 Å². The first-order chi connectivity index (χ1) is 35.1. The molecule has 386 valence electrons. The van der Waals surface area contributed by atoms with Gasteiger partial charge in [0.25, 0.3) is 0 Å². The number of piperidine rings is 3. The zero-order valence-electron chi connectivity index (χ0n) is 41.2. The van der Waals surface area contributed by atoms with Crippen LogP contribution in [0.4, 0.5) is 17.6 Å². The van der Waals surface area contributed by atoms with Crippen LogP contribution in [0.15, 0.2) is 54.6 Å². The number of primary amides is 1. The van der Waals surface area contributed by atoms with Crippen LogP contribution in [0.3, 0.4) is 0 Å². The molecule has 5 heterocycles. The topological polar surface area (TPSA) is 161 Å². The summed E-state index contributed by atoms with van der Waals surface area (Å²) < 4.78 is 77.5. The summed E-state index contributed by atoms with van der Waals surface area (Å²) >= 11 is 6.70. The minimum atomic E-state index is -1.09. The van der Waals surface area contributed by atoms with Crippen LogP contribution in [-0.2, 0) is 27.0 Å². The van der Waals surface area contributed by atoms with Crippen LogP contribution >= 0.6 is 11.6 Å². The third-order valence-corrected chi connectivity index (χ3v) is 16.9. The number of carbonyl (C=O) groups excluding carboxylic acids is 4. The maximum atomic E-state index is 16.2. The lowest BCUT2D eigenvalue weighted by molar-refractivity contribution is -0.138. The van der Waals surface area contributed by atoms with Crippen molar-refractivity contribution in [2.24, 2.45) is 24.6 Å². The van der Waals surface area contributed by atoms with E-state index in [9.17, 15) is 19.2 Å². The molecule has 4 amide bonds. The Morgan fingerprint density at radius 2 is 1.60 bits per heavy atom. The Hall–Kier alpha value is -6.04. The van der Waals surface area contributed by atoms with Gasteiger partial charge in [0.05, 0.1) is 29.3 Å². The number of imide groups is 1. The Kier molecular flexibility index (Phi) is 14.1. The van der Waals surface area contributed by atoms with Crippen LogP contribution in [0.5, 0.6) is 11.5 Å². The van der Waals surface area contributed by atoms with Gasteiger partial charge < -0.3 is 30.3 Å². The first kappa shape index (κ1) is 50.5. The molecule has 0 spiro atoms. The SMILES string of the molecule is COc1ccc(C(N)=O)c(-c2c(Cl)c(F)cc3c2C(C)C(CNC2CCC(C(=O)N4CCC(CN5CCC(c6c(F)cc7c(C8CCC(=O)NC8=O)nn(C)c7c6F)CC5)CC4)CC2)(c2ccccc2)O3)c1F. The van der Waals surface area contributed by atoms with Gasteiger partial charge in [0, 0.05) is 91.2 Å². The highest BCUT2D eigenvalue weighted by molar-refractivity contribution is 6.34. The molecule has 18 heteroatoms. The summed E-state index contributed by atoms with van der Waals surface area (Å²) in [5, 5.41) is 10.4. The van der Waals surface area contributed by atoms with Crippen LogP contribution in [0.2, 0.25) is 5.02 Å². The first-order valence-corrected chi connectivity index (χ1v) is 25.8. The van der Waals surface area contributed by atoms with Crippen LogP contribution in [0, 0.1) is 35.1 Å². The number of nitrogens with one attached hydrogen (secondary N) is 2. The number of aryl methyl sites for hydroxylation is 1. The van der Waals surface area contributed by atoms with Gasteiger partial charge in [-0.2, -0.15) is 5.10 Å². The van der Waals surface area contributed by atoms with E-state index in [1.807, 2.05) is 42.2 Å². The number of likely N-dealkylation sites (tertiary alicyclic amines) is 2. The Labute approximate surface area is 426 Å². The zero-order chi connectivity index (χ0) is 51.5. The molecule has 0 bridgehead atoms. The largest absolute Gasteiger partial charge is 0.494 e. The van der Waals surface area contributed by atoms with Crippen molar-refractivity contribution in [3.8, 4) is 22.6 Å². The van der Waals surface area contributed by atoms with Crippen LogP contribution in [0.1, 0.15) is 122 Å². The van der Waals surface area contributed by atoms with Gasteiger partial charge in [-0.05, 0) is 106 Å². The van der Waals surface area contributed by atoms with Crippen molar-refractivity contribution in [1.29, 1.82) is 0 Å². The predicted octanol–water partition coefficient (Wildman–Crippen LogP) is 8.74. The number of carbonyl (C=O) groups is 4. The molecule has 1 aromatic heterocycles. The molecule has 4 aromatic carbocycles. The number of ether oxygens (including phenoxy) is 2. The lowest BCUT2D eigenvalue weighted by Crippen LogP contribution is -2.49. The Morgan fingerprint density at radius 1 is 0.890 bits per heavy atom. The fourth-order valence-corrected chi connectivity index (χ4v) is 12.8. The van der Waals surface area contributed by atoms with Crippen LogP contribution in [-0.4, -0.2) is 95.6 Å². The van der Waals surface area contributed by atoms with Crippen molar-refractivity contribution in [2.75, 3.05) is 46.4 Å². The van der Waals surface area contributed by atoms with Gasteiger partial charge in [0.1, 0.15) is 22.9 Å². The van der Waals surface area contributed by atoms with Gasteiger partial charge in [0.2, 0.25) is 23.6 Å². The standard InChI is InChI=1S/C55H60ClF4N7O6/c1-29-43-41(26-39(58)47(56)46(43)45-35(52(61)69)13-15-40(72-3)48(45)59)73-55(29,33-7-5-4-6-8-33)28-62-34-11-9-32(10-12-34)54(71)67-23-17-30(18-24-67)27-66-21-19-31(20-22-66)44-38(57)25-37-50(64-65(2)51(37)49(44)60)36-14-16-42(68)63-53(36)70/h4-8,13,15,25-26,29-32,34,36,62H,9-12,14,16-24,27-28H2,1-3H3,(H2,61,69)(H,63,68,70). The fraction of sp³-hybridized carbons (Fsp3) is 0.473. The number of nitrogens with zero attached hydrogens (tertiary/aromatic N) is 4. The van der Waals surface area contributed by atoms with Crippen molar-refractivity contribution in [2.45, 2.75) is 101 Å². The van der Waals surface area contributed by atoms with E-state index >= 15 is 17.6 Å². The van der Waals surface area contributed by atoms with Crippen molar-refractivity contribution in [1.82, 2.24) is 30.2 Å². The Balaban J connectivity index is 0.735. The molecule has 13 nitrogen and oxygen atoms in total. The van der Waals surface area contributed by atoms with E-state index < -0.39 is 52.5 Å². The van der Waals surface area contributed by atoms with Crippen LogP contribution < -0.4 is 25.8 Å². The number of amides is 4. The molecule has 4 fully saturated rings. The number of halogens is 5.